The van der Waals surface area contributed by atoms with Crippen LogP contribution in [0.5, 0.6) is 0 Å². The van der Waals surface area contributed by atoms with Crippen LogP contribution in [0, 0.1) is 24.6 Å². The van der Waals surface area contributed by atoms with Gasteiger partial charge in [-0.15, -0.1) is 0 Å². The van der Waals surface area contributed by atoms with Gasteiger partial charge in [0.15, 0.2) is 0 Å². The van der Waals surface area contributed by atoms with Crippen molar-refractivity contribution in [3.05, 3.63) is 35.1 Å². The first-order valence-electron chi connectivity index (χ1n) is 7.56. The van der Waals surface area contributed by atoms with Crippen LogP contribution in [0.4, 0.5) is 4.39 Å². The largest absolute Gasteiger partial charge is 0.317 e. The predicted molar refractivity (Wildman–Crippen MR) is 78.8 cm³/mol. The van der Waals surface area contributed by atoms with Crippen molar-refractivity contribution in [2.45, 2.75) is 52.0 Å². The highest BCUT2D eigenvalue weighted by molar-refractivity contribution is 5.27. The van der Waals surface area contributed by atoms with Crippen molar-refractivity contribution in [1.82, 2.24) is 5.32 Å². The molecule has 0 aliphatic heterocycles. The molecular weight excluding hydrogens is 237 g/mol. The molecule has 2 heteroatoms. The molecule has 3 atom stereocenters. The first kappa shape index (κ1) is 14.5. The van der Waals surface area contributed by atoms with Crippen molar-refractivity contribution in [1.29, 1.82) is 0 Å². The zero-order chi connectivity index (χ0) is 13.8. The van der Waals surface area contributed by atoms with E-state index in [2.05, 4.69) is 19.3 Å². The summed E-state index contributed by atoms with van der Waals surface area (Å²) >= 11 is 0. The van der Waals surface area contributed by atoms with Gasteiger partial charge >= 0.3 is 0 Å². The zero-order valence-corrected chi connectivity index (χ0v) is 12.4. The number of hydrogen-bond donors (Lipinski definition) is 1. The molecule has 0 spiro atoms. The van der Waals surface area contributed by atoms with Gasteiger partial charge in [-0.2, -0.15) is 0 Å². The van der Waals surface area contributed by atoms with E-state index in [1.807, 2.05) is 13.0 Å². The lowest BCUT2D eigenvalue weighted by atomic mass is 9.74. The topological polar surface area (TPSA) is 12.0 Å². The molecular formula is C17H26FN. The molecule has 0 bridgehead atoms. The van der Waals surface area contributed by atoms with Gasteiger partial charge in [-0.1, -0.05) is 19.4 Å². The van der Waals surface area contributed by atoms with E-state index < -0.39 is 0 Å². The Labute approximate surface area is 116 Å². The summed E-state index contributed by atoms with van der Waals surface area (Å²) in [4.78, 5) is 0. The van der Waals surface area contributed by atoms with E-state index in [1.165, 1.54) is 31.2 Å². The van der Waals surface area contributed by atoms with Crippen molar-refractivity contribution < 1.29 is 4.39 Å². The SMILES string of the molecule is CCC1CCC(NC)C(Cc2ccc(F)cc2C)C1. The van der Waals surface area contributed by atoms with E-state index in [-0.39, 0.29) is 5.82 Å². The fraction of sp³-hybridized carbons (Fsp3) is 0.647. The third-order valence-electron chi connectivity index (χ3n) is 4.83. The minimum absolute atomic E-state index is 0.124. The van der Waals surface area contributed by atoms with E-state index in [9.17, 15) is 4.39 Å². The molecule has 1 N–H and O–H groups in total. The number of aryl methyl sites for hydroxylation is 1. The second-order valence-corrected chi connectivity index (χ2v) is 6.02. The number of benzene rings is 1. The first-order chi connectivity index (χ1) is 9.13. The molecule has 0 amide bonds. The molecule has 106 valence electrons. The lowest BCUT2D eigenvalue weighted by molar-refractivity contribution is 0.205. The fourth-order valence-electron chi connectivity index (χ4n) is 3.51. The summed E-state index contributed by atoms with van der Waals surface area (Å²) in [6.45, 7) is 4.32. The van der Waals surface area contributed by atoms with E-state index in [0.29, 0.717) is 12.0 Å². The molecule has 1 nitrogen and oxygen atoms in total. The van der Waals surface area contributed by atoms with Gasteiger partial charge in [-0.3, -0.25) is 0 Å². The van der Waals surface area contributed by atoms with Crippen molar-refractivity contribution in [2.24, 2.45) is 11.8 Å². The molecule has 1 aromatic rings. The Hall–Kier alpha value is -0.890. The standard InChI is InChI=1S/C17H26FN/c1-4-13-5-8-17(19-3)15(10-13)11-14-6-7-16(18)9-12(14)2/h6-7,9,13,15,17,19H,4-5,8,10-11H2,1-3H3. The highest BCUT2D eigenvalue weighted by atomic mass is 19.1. The molecule has 0 saturated heterocycles. The molecule has 3 unspecified atom stereocenters. The van der Waals surface area contributed by atoms with E-state index in [0.717, 1.165) is 17.9 Å². The average Bonchev–Trinajstić information content (AvgIpc) is 2.41. The van der Waals surface area contributed by atoms with Crippen molar-refractivity contribution in [2.75, 3.05) is 7.05 Å². The zero-order valence-electron chi connectivity index (χ0n) is 12.4. The highest BCUT2D eigenvalue weighted by Gasteiger charge is 2.29. The molecule has 1 aliphatic carbocycles. The van der Waals surface area contributed by atoms with E-state index in [1.54, 1.807) is 12.1 Å². The Bertz CT molecular complexity index is 416. The van der Waals surface area contributed by atoms with Gasteiger partial charge < -0.3 is 5.32 Å². The van der Waals surface area contributed by atoms with Crippen LogP contribution in [0.15, 0.2) is 18.2 Å². The molecule has 1 fully saturated rings. The summed E-state index contributed by atoms with van der Waals surface area (Å²) in [5, 5.41) is 3.48. The maximum Gasteiger partial charge on any atom is 0.123 e. The predicted octanol–water partition coefficient (Wildman–Crippen LogP) is 4.09. The summed E-state index contributed by atoms with van der Waals surface area (Å²) in [6.07, 6.45) is 6.29. The molecule has 19 heavy (non-hydrogen) atoms. The quantitative estimate of drug-likeness (QED) is 0.862. The Kier molecular flexibility index (Phi) is 4.98. The number of nitrogens with one attached hydrogen (secondary N) is 1. The third kappa shape index (κ3) is 3.56. The summed E-state index contributed by atoms with van der Waals surface area (Å²) in [6, 6.07) is 5.83. The van der Waals surface area contributed by atoms with Gasteiger partial charge in [-0.25, -0.2) is 4.39 Å². The highest BCUT2D eigenvalue weighted by Crippen LogP contribution is 2.33. The van der Waals surface area contributed by atoms with Crippen LogP contribution >= 0.6 is 0 Å². The Morgan fingerprint density at radius 2 is 2.11 bits per heavy atom. The average molecular weight is 263 g/mol. The van der Waals surface area contributed by atoms with Crippen LogP contribution in [0.1, 0.15) is 43.7 Å². The van der Waals surface area contributed by atoms with Gasteiger partial charge in [0.25, 0.3) is 0 Å². The monoisotopic (exact) mass is 263 g/mol. The second-order valence-electron chi connectivity index (χ2n) is 6.02. The lowest BCUT2D eigenvalue weighted by Crippen LogP contribution is -2.39. The Morgan fingerprint density at radius 3 is 2.74 bits per heavy atom. The van der Waals surface area contributed by atoms with Crippen molar-refractivity contribution >= 4 is 0 Å². The van der Waals surface area contributed by atoms with E-state index in [4.69, 9.17) is 0 Å². The normalized spacial score (nSPS) is 27.5. The summed E-state index contributed by atoms with van der Waals surface area (Å²) in [7, 11) is 2.07. The van der Waals surface area contributed by atoms with Crippen molar-refractivity contribution in [3.8, 4) is 0 Å². The molecule has 0 heterocycles. The van der Waals surface area contributed by atoms with Gasteiger partial charge in [-0.05, 0) is 74.8 Å². The van der Waals surface area contributed by atoms with Gasteiger partial charge in [0.2, 0.25) is 0 Å². The minimum Gasteiger partial charge on any atom is -0.317 e. The van der Waals surface area contributed by atoms with Crippen LogP contribution in [0.25, 0.3) is 0 Å². The minimum atomic E-state index is -0.124. The molecule has 0 aromatic heterocycles. The molecule has 1 aromatic carbocycles. The number of halogens is 1. The number of rotatable bonds is 4. The van der Waals surface area contributed by atoms with Crippen LogP contribution in [0.2, 0.25) is 0 Å². The summed E-state index contributed by atoms with van der Waals surface area (Å²) in [5.74, 6) is 1.43. The molecule has 1 saturated carbocycles. The van der Waals surface area contributed by atoms with Crippen LogP contribution in [-0.4, -0.2) is 13.1 Å². The number of hydrogen-bond acceptors (Lipinski definition) is 1. The summed E-state index contributed by atoms with van der Waals surface area (Å²) in [5.41, 5.74) is 2.40. The fourth-order valence-corrected chi connectivity index (χ4v) is 3.51. The second kappa shape index (κ2) is 6.51. The Morgan fingerprint density at radius 1 is 1.32 bits per heavy atom. The summed E-state index contributed by atoms with van der Waals surface area (Å²) < 4.78 is 13.2. The van der Waals surface area contributed by atoms with Gasteiger partial charge in [0.1, 0.15) is 5.82 Å². The van der Waals surface area contributed by atoms with Crippen molar-refractivity contribution in [3.63, 3.8) is 0 Å². The third-order valence-corrected chi connectivity index (χ3v) is 4.83. The molecule has 2 rings (SSSR count). The first-order valence-corrected chi connectivity index (χ1v) is 7.56. The van der Waals surface area contributed by atoms with Crippen LogP contribution in [-0.2, 0) is 6.42 Å². The smallest absolute Gasteiger partial charge is 0.123 e. The van der Waals surface area contributed by atoms with Gasteiger partial charge in [0.05, 0.1) is 0 Å². The lowest BCUT2D eigenvalue weighted by Gasteiger charge is -2.36. The van der Waals surface area contributed by atoms with E-state index >= 15 is 0 Å². The molecule has 0 radical (unpaired) electrons. The Balaban J connectivity index is 2.09. The van der Waals surface area contributed by atoms with Gasteiger partial charge in [0, 0.05) is 6.04 Å². The maximum atomic E-state index is 13.2. The van der Waals surface area contributed by atoms with Crippen LogP contribution < -0.4 is 5.32 Å². The van der Waals surface area contributed by atoms with Crippen LogP contribution in [0.3, 0.4) is 0 Å². The maximum absolute atomic E-state index is 13.2. The molecule has 1 aliphatic rings.